The Hall–Kier alpha value is -1.77. The van der Waals surface area contributed by atoms with Crippen molar-refractivity contribution in [2.75, 3.05) is 19.3 Å². The van der Waals surface area contributed by atoms with Crippen molar-refractivity contribution < 1.29 is 13.2 Å². The van der Waals surface area contributed by atoms with Gasteiger partial charge in [0.1, 0.15) is 6.04 Å². The molecule has 0 saturated carbocycles. The largest absolute Gasteiger partial charge is 0.343 e. The molecule has 1 fully saturated rings. The second-order valence-electron chi connectivity index (χ2n) is 6.15. The molecule has 1 saturated heterocycles. The first-order valence-corrected chi connectivity index (χ1v) is 10.9. The average Bonchev–Trinajstić information content (AvgIpc) is 3.14. The molecule has 0 aliphatic carbocycles. The molecule has 25 heavy (non-hydrogen) atoms. The fourth-order valence-corrected chi connectivity index (χ4v) is 4.66. The van der Waals surface area contributed by atoms with Crippen LogP contribution in [-0.4, -0.2) is 43.0 Å². The van der Waals surface area contributed by atoms with Crippen molar-refractivity contribution in [1.82, 2.24) is 14.6 Å². The molecule has 1 unspecified atom stereocenters. The Morgan fingerprint density at radius 3 is 2.60 bits per heavy atom. The van der Waals surface area contributed by atoms with Crippen molar-refractivity contribution in [1.29, 1.82) is 0 Å². The lowest BCUT2D eigenvalue weighted by Gasteiger charge is -2.30. The molecule has 0 bridgehead atoms. The van der Waals surface area contributed by atoms with E-state index < -0.39 is 10.0 Å². The number of thiophene rings is 1. The molecule has 8 heteroatoms. The number of hydrogen-bond donors (Lipinski definition) is 1. The maximum atomic E-state index is 12.7. The van der Waals surface area contributed by atoms with Gasteiger partial charge in [-0.15, -0.1) is 11.3 Å². The summed E-state index contributed by atoms with van der Waals surface area (Å²) in [6.07, 6.45) is 4.00. The van der Waals surface area contributed by atoms with Gasteiger partial charge in [-0.2, -0.15) is 0 Å². The van der Waals surface area contributed by atoms with Crippen molar-refractivity contribution in [3.8, 4) is 0 Å². The van der Waals surface area contributed by atoms with Gasteiger partial charge in [0.05, 0.1) is 11.9 Å². The highest BCUT2D eigenvalue weighted by Gasteiger charge is 2.30. The lowest BCUT2D eigenvalue weighted by Crippen LogP contribution is -2.43. The Morgan fingerprint density at radius 2 is 2.04 bits per heavy atom. The van der Waals surface area contributed by atoms with Crippen LogP contribution in [-0.2, 0) is 14.8 Å². The Balaban J connectivity index is 1.70. The molecular weight excluding hydrogens is 358 g/mol. The lowest BCUT2D eigenvalue weighted by molar-refractivity contribution is -0.126. The SMILES string of the molecule is CS(=O)(=O)N1CCC(C(=O)NC(c2ccccn2)c2cccs2)CC1. The maximum Gasteiger partial charge on any atom is 0.224 e. The van der Waals surface area contributed by atoms with E-state index in [0.717, 1.165) is 10.6 Å². The molecule has 3 heterocycles. The van der Waals surface area contributed by atoms with Crippen LogP contribution in [0.2, 0.25) is 0 Å². The molecule has 1 amide bonds. The summed E-state index contributed by atoms with van der Waals surface area (Å²) in [7, 11) is -3.18. The third-order valence-corrected chi connectivity index (χ3v) is 6.63. The quantitative estimate of drug-likeness (QED) is 0.862. The first kappa shape index (κ1) is 18.0. The van der Waals surface area contributed by atoms with Crippen LogP contribution in [0.1, 0.15) is 29.5 Å². The van der Waals surface area contributed by atoms with Crippen LogP contribution in [0.4, 0.5) is 0 Å². The van der Waals surface area contributed by atoms with Crippen molar-refractivity contribution in [3.05, 3.63) is 52.5 Å². The highest BCUT2D eigenvalue weighted by atomic mass is 32.2. The molecular formula is C17H21N3O3S2. The van der Waals surface area contributed by atoms with Crippen molar-refractivity contribution >= 4 is 27.3 Å². The number of amides is 1. The summed E-state index contributed by atoms with van der Waals surface area (Å²) < 4.78 is 24.6. The Morgan fingerprint density at radius 1 is 1.28 bits per heavy atom. The van der Waals surface area contributed by atoms with Crippen LogP contribution >= 0.6 is 11.3 Å². The standard InChI is InChI=1S/C17H21N3O3S2/c1-25(22,23)20-10-7-13(8-11-20)17(21)19-16(15-6-4-12-24-15)14-5-2-3-9-18-14/h2-6,9,12-13,16H,7-8,10-11H2,1H3,(H,19,21). The molecule has 2 aromatic rings. The van der Waals surface area contributed by atoms with E-state index in [2.05, 4.69) is 10.3 Å². The first-order valence-electron chi connectivity index (χ1n) is 8.15. The Bertz CT molecular complexity index is 799. The molecule has 0 radical (unpaired) electrons. The van der Waals surface area contributed by atoms with Crippen molar-refractivity contribution in [2.45, 2.75) is 18.9 Å². The predicted molar refractivity (Wildman–Crippen MR) is 97.7 cm³/mol. The van der Waals surface area contributed by atoms with Crippen LogP contribution in [0.5, 0.6) is 0 Å². The third-order valence-electron chi connectivity index (χ3n) is 4.39. The molecule has 0 spiro atoms. The summed E-state index contributed by atoms with van der Waals surface area (Å²) in [6, 6.07) is 9.30. The second kappa shape index (κ2) is 7.63. The molecule has 3 rings (SSSR count). The van der Waals surface area contributed by atoms with Gasteiger partial charge in [0.25, 0.3) is 0 Å². The maximum absolute atomic E-state index is 12.7. The fraction of sp³-hybridized carbons (Fsp3) is 0.412. The van der Waals surface area contributed by atoms with Gasteiger partial charge in [-0.1, -0.05) is 12.1 Å². The summed E-state index contributed by atoms with van der Waals surface area (Å²) in [5.74, 6) is -0.221. The number of aromatic nitrogens is 1. The zero-order valence-electron chi connectivity index (χ0n) is 14.0. The predicted octanol–water partition coefficient (Wildman–Crippen LogP) is 2.02. The summed E-state index contributed by atoms with van der Waals surface area (Å²) in [5.41, 5.74) is 0.798. The number of piperidine rings is 1. The van der Waals surface area contributed by atoms with E-state index in [4.69, 9.17) is 0 Å². The van der Waals surface area contributed by atoms with E-state index in [1.807, 2.05) is 35.7 Å². The van der Waals surface area contributed by atoms with Crippen LogP contribution in [0.3, 0.4) is 0 Å². The topological polar surface area (TPSA) is 79.4 Å². The first-order chi connectivity index (χ1) is 11.9. The number of pyridine rings is 1. The Labute approximate surface area is 151 Å². The molecule has 6 nitrogen and oxygen atoms in total. The second-order valence-corrected chi connectivity index (χ2v) is 9.11. The van der Waals surface area contributed by atoms with Crippen LogP contribution in [0.25, 0.3) is 0 Å². The third kappa shape index (κ3) is 4.45. The van der Waals surface area contributed by atoms with Gasteiger partial charge < -0.3 is 5.32 Å². The minimum atomic E-state index is -3.18. The minimum absolute atomic E-state index is 0.0443. The van der Waals surface area contributed by atoms with E-state index in [9.17, 15) is 13.2 Å². The highest BCUT2D eigenvalue weighted by molar-refractivity contribution is 7.88. The van der Waals surface area contributed by atoms with Crippen molar-refractivity contribution in [2.24, 2.45) is 5.92 Å². The van der Waals surface area contributed by atoms with E-state index >= 15 is 0 Å². The van der Waals surface area contributed by atoms with E-state index in [1.165, 1.54) is 10.6 Å². The van der Waals surface area contributed by atoms with E-state index in [1.54, 1.807) is 17.5 Å². The number of rotatable bonds is 5. The number of sulfonamides is 1. The molecule has 0 aromatic carbocycles. The number of nitrogens with zero attached hydrogens (tertiary/aromatic N) is 2. The number of carbonyl (C=O) groups is 1. The van der Waals surface area contributed by atoms with Crippen molar-refractivity contribution in [3.63, 3.8) is 0 Å². The summed E-state index contributed by atoms with van der Waals surface area (Å²) in [4.78, 5) is 18.1. The van der Waals surface area contributed by atoms with Gasteiger partial charge in [0, 0.05) is 30.1 Å². The molecule has 2 aromatic heterocycles. The zero-order valence-corrected chi connectivity index (χ0v) is 15.6. The fourth-order valence-electron chi connectivity index (χ4n) is 3.00. The summed E-state index contributed by atoms with van der Waals surface area (Å²) in [6.45, 7) is 0.786. The normalized spacial score (nSPS) is 18.0. The molecule has 134 valence electrons. The zero-order chi connectivity index (χ0) is 17.9. The molecule has 1 aliphatic heterocycles. The average molecular weight is 380 g/mol. The smallest absolute Gasteiger partial charge is 0.224 e. The molecule has 1 N–H and O–H groups in total. The summed E-state index contributed by atoms with van der Waals surface area (Å²) >= 11 is 1.58. The van der Waals surface area contributed by atoms with Gasteiger partial charge in [-0.25, -0.2) is 12.7 Å². The Kier molecular flexibility index (Phi) is 5.51. The van der Waals surface area contributed by atoms with Gasteiger partial charge in [-0.3, -0.25) is 9.78 Å². The summed E-state index contributed by atoms with van der Waals surface area (Å²) in [5, 5.41) is 5.07. The lowest BCUT2D eigenvalue weighted by atomic mass is 9.96. The van der Waals surface area contributed by atoms with E-state index in [-0.39, 0.29) is 17.9 Å². The monoisotopic (exact) mass is 379 g/mol. The van der Waals surface area contributed by atoms with Gasteiger partial charge in [0.15, 0.2) is 0 Å². The number of carbonyl (C=O) groups excluding carboxylic acids is 1. The van der Waals surface area contributed by atoms with E-state index in [0.29, 0.717) is 25.9 Å². The number of nitrogens with one attached hydrogen (secondary N) is 1. The van der Waals surface area contributed by atoms with Gasteiger partial charge in [0.2, 0.25) is 15.9 Å². The molecule has 1 aliphatic rings. The van der Waals surface area contributed by atoms with Gasteiger partial charge >= 0.3 is 0 Å². The number of hydrogen-bond acceptors (Lipinski definition) is 5. The van der Waals surface area contributed by atoms with Crippen LogP contribution in [0, 0.1) is 5.92 Å². The van der Waals surface area contributed by atoms with Crippen LogP contribution < -0.4 is 5.32 Å². The molecule has 1 atom stereocenters. The van der Waals surface area contributed by atoms with Crippen LogP contribution in [0.15, 0.2) is 41.9 Å². The van der Waals surface area contributed by atoms with Gasteiger partial charge in [-0.05, 0) is 36.4 Å². The highest BCUT2D eigenvalue weighted by Crippen LogP contribution is 2.26. The minimum Gasteiger partial charge on any atom is -0.343 e.